The number of aromatic nitrogens is 1. The minimum Gasteiger partial charge on any atom is -0.494 e. The van der Waals surface area contributed by atoms with Crippen LogP contribution in [0.2, 0.25) is 0 Å². The summed E-state index contributed by atoms with van der Waals surface area (Å²) in [4.78, 5) is 15.0. The molecule has 3 nitrogen and oxygen atoms in total. The summed E-state index contributed by atoms with van der Waals surface area (Å²) < 4.78 is 18.7. The molecule has 0 aliphatic rings. The highest BCUT2D eigenvalue weighted by Gasteiger charge is 2.13. The van der Waals surface area contributed by atoms with Gasteiger partial charge in [-0.2, -0.15) is 0 Å². The van der Waals surface area contributed by atoms with Gasteiger partial charge in [0.15, 0.2) is 6.29 Å². The molecular weight excluding hydrogens is 221 g/mol. The van der Waals surface area contributed by atoms with Gasteiger partial charge in [-0.05, 0) is 6.07 Å². The molecule has 0 saturated carbocycles. The minimum atomic E-state index is -0.398. The predicted octanol–water partition coefficient (Wildman–Crippen LogP) is 2.71. The lowest BCUT2D eigenvalue weighted by Gasteiger charge is -2.09. The highest BCUT2D eigenvalue weighted by Crippen LogP contribution is 2.29. The molecule has 17 heavy (non-hydrogen) atoms. The van der Waals surface area contributed by atoms with Crippen molar-refractivity contribution in [3.63, 3.8) is 0 Å². The quantitative estimate of drug-likeness (QED) is 0.762. The van der Waals surface area contributed by atoms with Crippen LogP contribution in [0.4, 0.5) is 4.39 Å². The standard InChI is InChI=1S/C13H10FNO2/c1-17-13-7-15-6-10(11(13)8-16)9-4-2-3-5-12(9)14/h2-8H,1H3. The lowest BCUT2D eigenvalue weighted by Crippen LogP contribution is -1.96. The molecular formula is C13H10FNO2. The van der Waals surface area contributed by atoms with Crippen molar-refractivity contribution in [3.05, 3.63) is 48.0 Å². The molecule has 0 aliphatic heterocycles. The number of carbonyl (C=O) groups excluding carboxylic acids is 1. The Hall–Kier alpha value is -2.23. The smallest absolute Gasteiger partial charge is 0.154 e. The predicted molar refractivity (Wildman–Crippen MR) is 61.6 cm³/mol. The molecule has 2 rings (SSSR count). The fourth-order valence-electron chi connectivity index (χ4n) is 1.63. The number of hydrogen-bond acceptors (Lipinski definition) is 3. The van der Waals surface area contributed by atoms with Crippen LogP contribution < -0.4 is 4.74 Å². The molecule has 0 spiro atoms. The average molecular weight is 231 g/mol. The molecule has 0 unspecified atom stereocenters. The highest BCUT2D eigenvalue weighted by atomic mass is 19.1. The van der Waals surface area contributed by atoms with Crippen molar-refractivity contribution in [1.29, 1.82) is 0 Å². The van der Waals surface area contributed by atoms with E-state index in [1.807, 2.05) is 0 Å². The molecule has 1 aromatic carbocycles. The number of pyridine rings is 1. The maximum Gasteiger partial charge on any atom is 0.154 e. The van der Waals surface area contributed by atoms with Gasteiger partial charge in [0, 0.05) is 17.3 Å². The van der Waals surface area contributed by atoms with Crippen LogP contribution in [-0.2, 0) is 0 Å². The molecule has 2 aromatic rings. The van der Waals surface area contributed by atoms with Crippen LogP contribution in [0, 0.1) is 5.82 Å². The van der Waals surface area contributed by atoms with Crippen LogP contribution in [-0.4, -0.2) is 18.4 Å². The van der Waals surface area contributed by atoms with Crippen LogP contribution in [0.1, 0.15) is 10.4 Å². The summed E-state index contributed by atoms with van der Waals surface area (Å²) in [6.07, 6.45) is 3.51. The normalized spacial score (nSPS) is 10.0. The van der Waals surface area contributed by atoms with E-state index in [1.165, 1.54) is 25.6 Å². The Balaban J connectivity index is 2.68. The van der Waals surface area contributed by atoms with Crippen LogP contribution in [0.15, 0.2) is 36.7 Å². The van der Waals surface area contributed by atoms with Crippen molar-refractivity contribution in [3.8, 4) is 16.9 Å². The van der Waals surface area contributed by atoms with E-state index in [1.54, 1.807) is 18.2 Å². The topological polar surface area (TPSA) is 39.2 Å². The number of hydrogen-bond donors (Lipinski definition) is 0. The van der Waals surface area contributed by atoms with Crippen molar-refractivity contribution < 1.29 is 13.9 Å². The lowest BCUT2D eigenvalue weighted by atomic mass is 10.0. The first-order valence-electron chi connectivity index (χ1n) is 5.00. The monoisotopic (exact) mass is 231 g/mol. The van der Waals surface area contributed by atoms with Gasteiger partial charge in [-0.1, -0.05) is 18.2 Å². The summed E-state index contributed by atoms with van der Waals surface area (Å²) >= 11 is 0. The van der Waals surface area contributed by atoms with Crippen LogP contribution in [0.5, 0.6) is 5.75 Å². The number of carbonyl (C=O) groups is 1. The largest absolute Gasteiger partial charge is 0.494 e. The third-order valence-corrected chi connectivity index (χ3v) is 2.45. The molecule has 4 heteroatoms. The number of ether oxygens (including phenoxy) is 1. The molecule has 0 saturated heterocycles. The Morgan fingerprint density at radius 1 is 1.24 bits per heavy atom. The first-order chi connectivity index (χ1) is 8.27. The number of benzene rings is 1. The first-order valence-corrected chi connectivity index (χ1v) is 5.00. The fraction of sp³-hybridized carbons (Fsp3) is 0.0769. The number of rotatable bonds is 3. The Morgan fingerprint density at radius 3 is 2.65 bits per heavy atom. The maximum atomic E-state index is 13.6. The Labute approximate surface area is 97.9 Å². The third-order valence-electron chi connectivity index (χ3n) is 2.45. The summed E-state index contributed by atoms with van der Waals surface area (Å²) in [6.45, 7) is 0. The molecule has 0 radical (unpaired) electrons. The molecule has 86 valence electrons. The van der Waals surface area contributed by atoms with E-state index in [9.17, 15) is 9.18 Å². The second-order valence-electron chi connectivity index (χ2n) is 3.40. The molecule has 1 aromatic heterocycles. The van der Waals surface area contributed by atoms with Gasteiger partial charge in [0.25, 0.3) is 0 Å². The molecule has 0 N–H and O–H groups in total. The van der Waals surface area contributed by atoms with E-state index in [0.29, 0.717) is 28.7 Å². The van der Waals surface area contributed by atoms with Crippen molar-refractivity contribution in [2.75, 3.05) is 7.11 Å². The van der Waals surface area contributed by atoms with E-state index in [0.717, 1.165) is 0 Å². The van der Waals surface area contributed by atoms with Gasteiger partial charge >= 0.3 is 0 Å². The first kappa shape index (κ1) is 11.3. The molecule has 0 fully saturated rings. The zero-order valence-electron chi connectivity index (χ0n) is 9.18. The summed E-state index contributed by atoms with van der Waals surface area (Å²) in [5, 5.41) is 0. The van der Waals surface area contributed by atoms with Crippen LogP contribution in [0.25, 0.3) is 11.1 Å². The van der Waals surface area contributed by atoms with Gasteiger partial charge in [0.05, 0.1) is 18.9 Å². The Bertz CT molecular complexity index is 555. The van der Waals surface area contributed by atoms with E-state index in [2.05, 4.69) is 4.98 Å². The van der Waals surface area contributed by atoms with E-state index >= 15 is 0 Å². The van der Waals surface area contributed by atoms with Gasteiger partial charge in [-0.25, -0.2) is 4.39 Å². The SMILES string of the molecule is COc1cncc(-c2ccccc2F)c1C=O. The van der Waals surface area contributed by atoms with Crippen LogP contribution in [0.3, 0.4) is 0 Å². The summed E-state index contributed by atoms with van der Waals surface area (Å²) in [6, 6.07) is 6.22. The average Bonchev–Trinajstić information content (AvgIpc) is 2.38. The van der Waals surface area contributed by atoms with E-state index in [-0.39, 0.29) is 0 Å². The van der Waals surface area contributed by atoms with Gasteiger partial charge in [-0.3, -0.25) is 9.78 Å². The lowest BCUT2D eigenvalue weighted by molar-refractivity contribution is 0.112. The van der Waals surface area contributed by atoms with Crippen molar-refractivity contribution >= 4 is 6.29 Å². The molecule has 0 bridgehead atoms. The molecule has 0 atom stereocenters. The second kappa shape index (κ2) is 4.74. The summed E-state index contributed by atoms with van der Waals surface area (Å²) in [5.41, 5.74) is 1.06. The van der Waals surface area contributed by atoms with Crippen molar-refractivity contribution in [2.24, 2.45) is 0 Å². The third kappa shape index (κ3) is 2.01. The molecule has 0 aliphatic carbocycles. The number of halogens is 1. The van der Waals surface area contributed by atoms with E-state index < -0.39 is 5.82 Å². The van der Waals surface area contributed by atoms with Crippen LogP contribution >= 0.6 is 0 Å². The second-order valence-corrected chi connectivity index (χ2v) is 3.40. The Morgan fingerprint density at radius 2 is 2.00 bits per heavy atom. The summed E-state index contributed by atoms with van der Waals surface area (Å²) in [5.74, 6) is -0.0635. The Kier molecular flexibility index (Phi) is 3.14. The molecule has 1 heterocycles. The zero-order valence-corrected chi connectivity index (χ0v) is 9.18. The van der Waals surface area contributed by atoms with Gasteiger partial charge in [0.1, 0.15) is 11.6 Å². The summed E-state index contributed by atoms with van der Waals surface area (Å²) in [7, 11) is 1.44. The molecule has 0 amide bonds. The van der Waals surface area contributed by atoms with Gasteiger partial charge in [-0.15, -0.1) is 0 Å². The van der Waals surface area contributed by atoms with Gasteiger partial charge in [0.2, 0.25) is 0 Å². The van der Waals surface area contributed by atoms with Gasteiger partial charge < -0.3 is 4.74 Å². The number of nitrogens with zero attached hydrogens (tertiary/aromatic N) is 1. The number of aldehydes is 1. The van der Waals surface area contributed by atoms with Crippen molar-refractivity contribution in [1.82, 2.24) is 4.98 Å². The minimum absolute atomic E-state index is 0.299. The fourth-order valence-corrected chi connectivity index (χ4v) is 1.63. The van der Waals surface area contributed by atoms with E-state index in [4.69, 9.17) is 4.74 Å². The number of methoxy groups -OCH3 is 1. The maximum absolute atomic E-state index is 13.6. The highest BCUT2D eigenvalue weighted by molar-refractivity contribution is 5.90. The van der Waals surface area contributed by atoms with Crippen molar-refractivity contribution in [2.45, 2.75) is 0 Å². The zero-order chi connectivity index (χ0) is 12.3.